The minimum absolute atomic E-state index is 0. The Bertz CT molecular complexity index is 673. The number of aromatic nitrogens is 1. The average molecular weight is 332 g/mol. The number of piperazine rings is 1. The van der Waals surface area contributed by atoms with Crippen molar-refractivity contribution in [1.82, 2.24) is 9.88 Å². The predicted octanol–water partition coefficient (Wildman–Crippen LogP) is 4.06. The van der Waals surface area contributed by atoms with E-state index < -0.39 is 0 Å². The predicted molar refractivity (Wildman–Crippen MR) is 99.9 cm³/mol. The van der Waals surface area contributed by atoms with Crippen LogP contribution in [0, 0.1) is 0 Å². The summed E-state index contributed by atoms with van der Waals surface area (Å²) in [5.41, 5.74) is 2.51. The molecule has 3 nitrogen and oxygen atoms in total. The second-order valence-electron chi connectivity index (χ2n) is 7.03. The van der Waals surface area contributed by atoms with E-state index in [2.05, 4.69) is 54.0 Å². The Morgan fingerprint density at radius 1 is 1.00 bits per heavy atom. The number of hydrogen-bond acceptors (Lipinski definition) is 3. The van der Waals surface area contributed by atoms with Crippen molar-refractivity contribution < 1.29 is 0 Å². The summed E-state index contributed by atoms with van der Waals surface area (Å²) in [5.74, 6) is 1.71. The van der Waals surface area contributed by atoms with Gasteiger partial charge in [0.1, 0.15) is 5.82 Å². The second-order valence-corrected chi connectivity index (χ2v) is 7.03. The van der Waals surface area contributed by atoms with Crippen LogP contribution in [0.1, 0.15) is 38.2 Å². The van der Waals surface area contributed by atoms with Crippen LogP contribution in [0.2, 0.25) is 0 Å². The standard InChI is InChI=1S/C19H25N3.ClH/c1-14(2)15-3-7-18-16(13-15)4-8-19(20-18)22-11-9-21(10-12-22)17-5-6-17;/h3-4,7-8,13-14,17H,5-6,9-12H2,1-2H3;1H. The number of rotatable bonds is 3. The van der Waals surface area contributed by atoms with Crippen molar-refractivity contribution in [2.24, 2.45) is 0 Å². The van der Waals surface area contributed by atoms with Crippen molar-refractivity contribution in [3.05, 3.63) is 35.9 Å². The van der Waals surface area contributed by atoms with E-state index in [0.29, 0.717) is 5.92 Å². The molecule has 0 spiro atoms. The van der Waals surface area contributed by atoms with Crippen LogP contribution in [0.3, 0.4) is 0 Å². The summed E-state index contributed by atoms with van der Waals surface area (Å²) >= 11 is 0. The fourth-order valence-corrected chi connectivity index (χ4v) is 3.42. The molecular formula is C19H26ClN3. The maximum Gasteiger partial charge on any atom is 0.129 e. The monoisotopic (exact) mass is 331 g/mol. The SMILES string of the molecule is CC(C)c1ccc2nc(N3CCN(C4CC4)CC3)ccc2c1.Cl. The average Bonchev–Trinajstić information content (AvgIpc) is 3.39. The lowest BCUT2D eigenvalue weighted by atomic mass is 10.0. The largest absolute Gasteiger partial charge is 0.354 e. The molecule has 1 aromatic heterocycles. The van der Waals surface area contributed by atoms with Crippen LogP contribution in [0.15, 0.2) is 30.3 Å². The van der Waals surface area contributed by atoms with Gasteiger partial charge in [0.2, 0.25) is 0 Å². The first kappa shape index (κ1) is 16.5. The van der Waals surface area contributed by atoms with Crippen molar-refractivity contribution >= 4 is 29.1 Å². The van der Waals surface area contributed by atoms with Gasteiger partial charge in [0.25, 0.3) is 0 Å². The number of fused-ring (bicyclic) bond motifs is 1. The lowest BCUT2D eigenvalue weighted by Gasteiger charge is -2.35. The van der Waals surface area contributed by atoms with E-state index in [1.807, 2.05) is 0 Å². The molecule has 0 amide bonds. The molecule has 0 unspecified atom stereocenters. The first-order valence-corrected chi connectivity index (χ1v) is 8.60. The highest BCUT2D eigenvalue weighted by Crippen LogP contribution is 2.29. The van der Waals surface area contributed by atoms with E-state index in [4.69, 9.17) is 4.98 Å². The molecule has 4 heteroatoms. The van der Waals surface area contributed by atoms with Gasteiger partial charge in [0.15, 0.2) is 0 Å². The van der Waals surface area contributed by atoms with Crippen LogP contribution < -0.4 is 4.90 Å². The quantitative estimate of drug-likeness (QED) is 0.845. The van der Waals surface area contributed by atoms with Crippen LogP contribution in [0.25, 0.3) is 10.9 Å². The lowest BCUT2D eigenvalue weighted by Crippen LogP contribution is -2.47. The summed E-state index contributed by atoms with van der Waals surface area (Å²) in [6, 6.07) is 12.0. The van der Waals surface area contributed by atoms with Crippen molar-refractivity contribution in [2.45, 2.75) is 38.6 Å². The molecule has 1 saturated heterocycles. The molecule has 2 aromatic rings. The van der Waals surface area contributed by atoms with E-state index in [9.17, 15) is 0 Å². The molecular weight excluding hydrogens is 306 g/mol. The number of halogens is 1. The highest BCUT2D eigenvalue weighted by Gasteiger charge is 2.31. The van der Waals surface area contributed by atoms with E-state index in [1.54, 1.807) is 0 Å². The molecule has 2 fully saturated rings. The molecule has 1 aliphatic carbocycles. The molecule has 0 radical (unpaired) electrons. The Morgan fingerprint density at radius 3 is 2.39 bits per heavy atom. The van der Waals surface area contributed by atoms with Gasteiger partial charge in [0.05, 0.1) is 5.52 Å². The maximum atomic E-state index is 4.89. The van der Waals surface area contributed by atoms with E-state index in [-0.39, 0.29) is 12.4 Å². The van der Waals surface area contributed by atoms with Crippen LogP contribution in [0.4, 0.5) is 5.82 Å². The first-order valence-electron chi connectivity index (χ1n) is 8.60. The maximum absolute atomic E-state index is 4.89. The molecule has 1 aromatic carbocycles. The molecule has 2 heterocycles. The van der Waals surface area contributed by atoms with Crippen molar-refractivity contribution in [1.29, 1.82) is 0 Å². The highest BCUT2D eigenvalue weighted by molar-refractivity contribution is 5.85. The summed E-state index contributed by atoms with van der Waals surface area (Å²) in [6.07, 6.45) is 2.82. The van der Waals surface area contributed by atoms with Crippen LogP contribution in [0.5, 0.6) is 0 Å². The van der Waals surface area contributed by atoms with Crippen molar-refractivity contribution in [3.63, 3.8) is 0 Å². The normalized spacial score (nSPS) is 19.2. The third-order valence-electron chi connectivity index (χ3n) is 5.07. The van der Waals surface area contributed by atoms with Gasteiger partial charge in [0, 0.05) is 37.6 Å². The molecule has 0 bridgehead atoms. The Morgan fingerprint density at radius 2 is 1.74 bits per heavy atom. The third-order valence-corrected chi connectivity index (χ3v) is 5.07. The van der Waals surface area contributed by atoms with Crippen LogP contribution in [-0.2, 0) is 0 Å². The van der Waals surface area contributed by atoms with Crippen molar-refractivity contribution in [3.8, 4) is 0 Å². The number of hydrogen-bond donors (Lipinski definition) is 0. The molecule has 23 heavy (non-hydrogen) atoms. The fraction of sp³-hybridized carbons (Fsp3) is 0.526. The van der Waals surface area contributed by atoms with E-state index >= 15 is 0 Å². The number of nitrogens with zero attached hydrogens (tertiary/aromatic N) is 3. The minimum atomic E-state index is 0. The fourth-order valence-electron chi connectivity index (χ4n) is 3.42. The van der Waals surface area contributed by atoms with Crippen LogP contribution in [-0.4, -0.2) is 42.1 Å². The van der Waals surface area contributed by atoms with Gasteiger partial charge in [-0.05, 0) is 48.6 Å². The smallest absolute Gasteiger partial charge is 0.129 e. The summed E-state index contributed by atoms with van der Waals surface area (Å²) in [7, 11) is 0. The van der Waals surface area contributed by atoms with Gasteiger partial charge in [-0.2, -0.15) is 0 Å². The number of anilines is 1. The molecule has 4 rings (SSSR count). The van der Waals surface area contributed by atoms with E-state index in [0.717, 1.165) is 30.5 Å². The van der Waals surface area contributed by atoms with Crippen LogP contribution >= 0.6 is 12.4 Å². The van der Waals surface area contributed by atoms with Gasteiger partial charge in [-0.25, -0.2) is 4.98 Å². The zero-order valence-electron chi connectivity index (χ0n) is 14.0. The molecule has 1 saturated carbocycles. The van der Waals surface area contributed by atoms with E-state index in [1.165, 1.54) is 36.9 Å². The molecule has 1 aliphatic heterocycles. The highest BCUT2D eigenvalue weighted by atomic mass is 35.5. The zero-order valence-corrected chi connectivity index (χ0v) is 14.9. The summed E-state index contributed by atoms with van der Waals surface area (Å²) in [6.45, 7) is 9.08. The Balaban J connectivity index is 0.00000156. The topological polar surface area (TPSA) is 19.4 Å². The third kappa shape index (κ3) is 3.46. The van der Waals surface area contributed by atoms with Gasteiger partial charge in [-0.1, -0.05) is 19.9 Å². The van der Waals surface area contributed by atoms with Gasteiger partial charge in [-0.3, -0.25) is 4.90 Å². The van der Waals surface area contributed by atoms with Crippen molar-refractivity contribution in [2.75, 3.05) is 31.1 Å². The zero-order chi connectivity index (χ0) is 15.1. The first-order chi connectivity index (χ1) is 10.7. The molecule has 124 valence electrons. The molecule has 0 atom stereocenters. The second kappa shape index (κ2) is 6.66. The minimum Gasteiger partial charge on any atom is -0.354 e. The Labute approximate surface area is 145 Å². The lowest BCUT2D eigenvalue weighted by molar-refractivity contribution is 0.247. The molecule has 0 N–H and O–H groups in total. The Kier molecular flexibility index (Phi) is 4.79. The summed E-state index contributed by atoms with van der Waals surface area (Å²) in [5, 5.41) is 1.26. The van der Waals surface area contributed by atoms with Gasteiger partial charge < -0.3 is 4.90 Å². The summed E-state index contributed by atoms with van der Waals surface area (Å²) in [4.78, 5) is 9.98. The van der Waals surface area contributed by atoms with Gasteiger partial charge in [-0.15, -0.1) is 12.4 Å². The number of benzene rings is 1. The summed E-state index contributed by atoms with van der Waals surface area (Å²) < 4.78 is 0. The Hall–Kier alpha value is -1.32. The number of pyridine rings is 1. The molecule has 2 aliphatic rings. The van der Waals surface area contributed by atoms with Gasteiger partial charge >= 0.3 is 0 Å².